The predicted molar refractivity (Wildman–Crippen MR) is 71.2 cm³/mol. The third-order valence-electron chi connectivity index (χ3n) is 3.70. The molecule has 1 saturated heterocycles. The second-order valence-electron chi connectivity index (χ2n) is 5.50. The number of nitriles is 1. The number of pyridine rings is 1. The highest BCUT2D eigenvalue weighted by Crippen LogP contribution is 2.36. The highest BCUT2D eigenvalue weighted by molar-refractivity contribution is 6.63. The fourth-order valence-corrected chi connectivity index (χ4v) is 1.83. The van der Waals surface area contributed by atoms with Crippen molar-refractivity contribution in [1.29, 1.82) is 5.26 Å². The summed E-state index contributed by atoms with van der Waals surface area (Å²) in [7, 11) is 0.971. The Hall–Kier alpha value is -1.58. The van der Waals surface area contributed by atoms with Crippen molar-refractivity contribution in [2.75, 3.05) is 7.11 Å². The minimum atomic E-state index is -0.541. The summed E-state index contributed by atoms with van der Waals surface area (Å²) in [6.07, 6.45) is 0. The molecule has 0 atom stereocenters. The Kier molecular flexibility index (Phi) is 3.29. The molecule has 1 aromatic heterocycles. The first-order valence-corrected chi connectivity index (χ1v) is 6.11. The summed E-state index contributed by atoms with van der Waals surface area (Å²) < 4.78 is 17.1. The lowest BCUT2D eigenvalue weighted by molar-refractivity contribution is 0.00578. The third-order valence-corrected chi connectivity index (χ3v) is 3.70. The van der Waals surface area contributed by atoms with E-state index in [-0.39, 0.29) is 0 Å². The Morgan fingerprint density at radius 3 is 2.26 bits per heavy atom. The molecule has 0 aromatic carbocycles. The van der Waals surface area contributed by atoms with Crippen LogP contribution in [0.5, 0.6) is 5.88 Å². The molecule has 0 N–H and O–H groups in total. The van der Waals surface area contributed by atoms with Crippen molar-refractivity contribution in [2.24, 2.45) is 0 Å². The lowest BCUT2D eigenvalue weighted by Gasteiger charge is -2.32. The minimum absolute atomic E-state index is 0.303. The molecule has 0 saturated carbocycles. The first-order valence-electron chi connectivity index (χ1n) is 6.11. The molecule has 100 valence electrons. The van der Waals surface area contributed by atoms with E-state index in [1.165, 1.54) is 7.11 Å². The highest BCUT2D eigenvalue weighted by atomic mass is 16.7. The molecule has 2 heterocycles. The second kappa shape index (κ2) is 4.51. The SMILES string of the molecule is COc1nc(C#N)ccc1B1OC(C)(C)C(C)(C)O1. The van der Waals surface area contributed by atoms with Gasteiger partial charge in [0, 0.05) is 5.46 Å². The van der Waals surface area contributed by atoms with Crippen LogP contribution in [0.4, 0.5) is 0 Å². The van der Waals surface area contributed by atoms with E-state index >= 15 is 0 Å². The molecule has 1 fully saturated rings. The summed E-state index contributed by atoms with van der Waals surface area (Å²) in [5, 5.41) is 8.85. The lowest BCUT2D eigenvalue weighted by Crippen LogP contribution is -2.41. The van der Waals surface area contributed by atoms with E-state index < -0.39 is 18.3 Å². The van der Waals surface area contributed by atoms with Crippen molar-refractivity contribution < 1.29 is 14.0 Å². The van der Waals surface area contributed by atoms with E-state index in [1.54, 1.807) is 12.1 Å². The topological polar surface area (TPSA) is 64.4 Å². The van der Waals surface area contributed by atoms with Crippen molar-refractivity contribution in [2.45, 2.75) is 38.9 Å². The number of hydrogen-bond acceptors (Lipinski definition) is 5. The van der Waals surface area contributed by atoms with Crippen molar-refractivity contribution in [1.82, 2.24) is 4.98 Å². The summed E-state index contributed by atoms with van der Waals surface area (Å²) in [5.74, 6) is 0.359. The van der Waals surface area contributed by atoms with Gasteiger partial charge in [0.1, 0.15) is 11.8 Å². The molecule has 0 bridgehead atoms. The third kappa shape index (κ3) is 2.31. The van der Waals surface area contributed by atoms with Gasteiger partial charge >= 0.3 is 7.12 Å². The maximum Gasteiger partial charge on any atom is 0.500 e. The Bertz CT molecular complexity index is 521. The van der Waals surface area contributed by atoms with E-state index in [0.717, 1.165) is 0 Å². The number of methoxy groups -OCH3 is 1. The van der Waals surface area contributed by atoms with Crippen molar-refractivity contribution in [3.8, 4) is 11.9 Å². The van der Waals surface area contributed by atoms with Crippen LogP contribution in [0, 0.1) is 11.3 Å². The van der Waals surface area contributed by atoms with Gasteiger partial charge in [0.15, 0.2) is 0 Å². The summed E-state index contributed by atoms with van der Waals surface area (Å²) >= 11 is 0. The van der Waals surface area contributed by atoms with Crippen molar-refractivity contribution in [3.05, 3.63) is 17.8 Å². The molecule has 0 unspecified atom stereocenters. The molecule has 1 aromatic rings. The summed E-state index contributed by atoms with van der Waals surface area (Å²) in [5.41, 5.74) is 0.157. The molecular weight excluding hydrogens is 243 g/mol. The zero-order chi connectivity index (χ0) is 14.3. The van der Waals surface area contributed by atoms with Gasteiger partial charge in [-0.25, -0.2) is 4.98 Å². The van der Waals surface area contributed by atoms with Gasteiger partial charge in [-0.05, 0) is 33.8 Å². The molecule has 0 amide bonds. The molecule has 0 radical (unpaired) electrons. The predicted octanol–water partition coefficient (Wildman–Crippen LogP) is 1.26. The minimum Gasteiger partial charge on any atom is -0.481 e. The molecule has 1 aliphatic rings. The molecule has 5 nitrogen and oxygen atoms in total. The normalized spacial score (nSPS) is 20.1. The van der Waals surface area contributed by atoms with Crippen LogP contribution in [0.3, 0.4) is 0 Å². The Morgan fingerprint density at radius 2 is 1.79 bits per heavy atom. The van der Waals surface area contributed by atoms with E-state index in [0.29, 0.717) is 17.0 Å². The first kappa shape index (κ1) is 13.8. The van der Waals surface area contributed by atoms with Crippen LogP contribution < -0.4 is 10.2 Å². The Morgan fingerprint density at radius 1 is 1.21 bits per heavy atom. The van der Waals surface area contributed by atoms with Gasteiger partial charge in [0.25, 0.3) is 0 Å². The Labute approximate surface area is 113 Å². The largest absolute Gasteiger partial charge is 0.500 e. The van der Waals surface area contributed by atoms with Gasteiger partial charge in [-0.2, -0.15) is 5.26 Å². The van der Waals surface area contributed by atoms with Crippen molar-refractivity contribution in [3.63, 3.8) is 0 Å². The summed E-state index contributed by atoms with van der Waals surface area (Å²) in [4.78, 5) is 4.11. The zero-order valence-corrected chi connectivity index (χ0v) is 11.9. The molecular formula is C13H17BN2O3. The second-order valence-corrected chi connectivity index (χ2v) is 5.50. The van der Waals surface area contributed by atoms with Crippen LogP contribution >= 0.6 is 0 Å². The zero-order valence-electron chi connectivity index (χ0n) is 11.9. The van der Waals surface area contributed by atoms with Gasteiger partial charge in [0.2, 0.25) is 5.88 Å². The van der Waals surface area contributed by atoms with E-state index in [2.05, 4.69) is 4.98 Å². The standard InChI is InChI=1S/C13H17BN2O3/c1-12(2)13(3,4)19-14(18-12)10-7-6-9(8-15)16-11(10)17-5/h6-7H,1-5H3. The van der Waals surface area contributed by atoms with Gasteiger partial charge in [-0.1, -0.05) is 6.07 Å². The number of nitrogens with zero attached hydrogens (tertiary/aromatic N) is 2. The Balaban J connectivity index is 2.37. The molecule has 19 heavy (non-hydrogen) atoms. The smallest absolute Gasteiger partial charge is 0.481 e. The maximum atomic E-state index is 8.85. The number of aromatic nitrogens is 1. The fraction of sp³-hybridized carbons (Fsp3) is 0.538. The molecule has 2 rings (SSSR count). The monoisotopic (exact) mass is 260 g/mol. The first-order chi connectivity index (χ1) is 8.80. The molecule has 0 spiro atoms. The van der Waals surface area contributed by atoms with Gasteiger partial charge in [0.05, 0.1) is 18.3 Å². The molecule has 6 heteroatoms. The fourth-order valence-electron chi connectivity index (χ4n) is 1.83. The van der Waals surface area contributed by atoms with Crippen LogP contribution in [-0.2, 0) is 9.31 Å². The van der Waals surface area contributed by atoms with E-state index in [9.17, 15) is 0 Å². The summed E-state index contributed by atoms with van der Waals surface area (Å²) in [6.45, 7) is 7.93. The van der Waals surface area contributed by atoms with Crippen LogP contribution in [0.25, 0.3) is 0 Å². The van der Waals surface area contributed by atoms with Crippen LogP contribution in [0.1, 0.15) is 33.4 Å². The number of ether oxygens (including phenoxy) is 1. The number of hydrogen-bond donors (Lipinski definition) is 0. The average Bonchev–Trinajstić information content (AvgIpc) is 2.57. The highest BCUT2D eigenvalue weighted by Gasteiger charge is 2.52. The van der Waals surface area contributed by atoms with E-state index in [4.69, 9.17) is 19.3 Å². The van der Waals surface area contributed by atoms with Gasteiger partial charge in [-0.3, -0.25) is 0 Å². The maximum absolute atomic E-state index is 8.85. The quantitative estimate of drug-likeness (QED) is 0.749. The van der Waals surface area contributed by atoms with Gasteiger partial charge < -0.3 is 14.0 Å². The van der Waals surface area contributed by atoms with Crippen LogP contribution in [0.2, 0.25) is 0 Å². The van der Waals surface area contributed by atoms with E-state index in [1.807, 2.05) is 33.8 Å². The van der Waals surface area contributed by atoms with Crippen LogP contribution in [0.15, 0.2) is 12.1 Å². The number of rotatable bonds is 2. The molecule has 0 aliphatic carbocycles. The van der Waals surface area contributed by atoms with Gasteiger partial charge in [-0.15, -0.1) is 0 Å². The molecule has 1 aliphatic heterocycles. The van der Waals surface area contributed by atoms with Crippen molar-refractivity contribution >= 4 is 12.6 Å². The summed E-state index contributed by atoms with van der Waals surface area (Å²) in [6, 6.07) is 5.36. The van der Waals surface area contributed by atoms with Crippen LogP contribution in [-0.4, -0.2) is 30.4 Å². The lowest BCUT2D eigenvalue weighted by atomic mass is 9.79. The average molecular weight is 260 g/mol.